The zero-order valence-electron chi connectivity index (χ0n) is 14.9. The Labute approximate surface area is 147 Å². The van der Waals surface area contributed by atoms with E-state index in [-0.39, 0.29) is 40.4 Å². The lowest BCUT2D eigenvalue weighted by Gasteiger charge is -2.37. The second kappa shape index (κ2) is 5.17. The van der Waals surface area contributed by atoms with Crippen LogP contribution < -0.4 is 0 Å². The lowest BCUT2D eigenvalue weighted by atomic mass is 9.69. The summed E-state index contributed by atoms with van der Waals surface area (Å²) in [6.45, 7) is 8.05. The van der Waals surface area contributed by atoms with E-state index in [1.165, 1.54) is 4.31 Å². The van der Waals surface area contributed by atoms with Gasteiger partial charge in [0.25, 0.3) is 0 Å². The van der Waals surface area contributed by atoms with Crippen LogP contribution >= 0.6 is 9.39 Å². The van der Waals surface area contributed by atoms with Crippen molar-refractivity contribution in [3.8, 4) is 0 Å². The molecule has 24 heavy (non-hydrogen) atoms. The predicted octanol–water partition coefficient (Wildman–Crippen LogP) is 2.10. The topological polar surface area (TPSA) is 57.7 Å². The normalized spacial score (nSPS) is 45.8. The third kappa shape index (κ3) is 1.99. The smallest absolute Gasteiger partial charge is 0.241 e. The zero-order valence-corrected chi connectivity index (χ0v) is 16.8. The van der Waals surface area contributed by atoms with Gasteiger partial charge in [0.05, 0.1) is 17.7 Å². The first-order chi connectivity index (χ1) is 11.1. The van der Waals surface area contributed by atoms with Crippen LogP contribution in [0.5, 0.6) is 0 Å². The number of fused-ring (bicyclic) bond motifs is 1. The molecule has 0 aromatic carbocycles. The fourth-order valence-electron chi connectivity index (χ4n) is 6.34. The molecule has 4 fully saturated rings. The molecule has 2 bridgehead atoms. The van der Waals surface area contributed by atoms with Crippen molar-refractivity contribution in [3.63, 3.8) is 0 Å². The van der Waals surface area contributed by atoms with Crippen LogP contribution in [0.1, 0.15) is 46.5 Å². The van der Waals surface area contributed by atoms with Crippen molar-refractivity contribution in [2.75, 3.05) is 18.8 Å². The average molecular weight is 372 g/mol. The second-order valence-corrected chi connectivity index (χ2v) is 11.6. The number of carbonyl (C=O) groups excluding carboxylic acids is 1. The number of nitrogens with zero attached hydrogens (tertiary/aromatic N) is 2. The molecule has 2 saturated carbocycles. The van der Waals surface area contributed by atoms with Crippen LogP contribution in [-0.4, -0.2) is 48.2 Å². The molecule has 2 heterocycles. The van der Waals surface area contributed by atoms with Crippen LogP contribution in [0.15, 0.2) is 0 Å². The number of hydrogen-bond acceptors (Lipinski definition) is 4. The molecule has 2 unspecified atom stereocenters. The minimum atomic E-state index is -3.49. The van der Waals surface area contributed by atoms with Crippen molar-refractivity contribution in [2.45, 2.75) is 52.5 Å². The van der Waals surface area contributed by atoms with Gasteiger partial charge in [0.15, 0.2) is 0 Å². The van der Waals surface area contributed by atoms with E-state index in [2.05, 4.69) is 34.8 Å². The Morgan fingerprint density at radius 1 is 1.29 bits per heavy atom. The Morgan fingerprint density at radius 2 is 2.00 bits per heavy atom. The highest BCUT2D eigenvalue weighted by Gasteiger charge is 2.72. The van der Waals surface area contributed by atoms with Crippen LogP contribution in [-0.2, 0) is 14.8 Å². The van der Waals surface area contributed by atoms with Crippen LogP contribution in [0.25, 0.3) is 0 Å². The first-order valence-electron chi connectivity index (χ1n) is 9.19. The van der Waals surface area contributed by atoms with Crippen LogP contribution in [0.2, 0.25) is 0 Å². The molecule has 0 aromatic heterocycles. The molecule has 5 nitrogen and oxygen atoms in total. The number of sulfonamides is 1. The molecule has 4 rings (SSSR count). The molecule has 4 aliphatic rings. The van der Waals surface area contributed by atoms with E-state index < -0.39 is 10.0 Å². The van der Waals surface area contributed by atoms with E-state index in [1.54, 1.807) is 0 Å². The molecule has 0 N–H and O–H groups in total. The first-order valence-corrected chi connectivity index (χ1v) is 11.3. The summed E-state index contributed by atoms with van der Waals surface area (Å²) in [5, 5.41) is 0. The van der Waals surface area contributed by atoms with E-state index in [0.717, 1.165) is 32.2 Å². The summed E-state index contributed by atoms with van der Waals surface area (Å²) in [5.41, 5.74) is -0.195. The predicted molar refractivity (Wildman–Crippen MR) is 96.5 cm³/mol. The Morgan fingerprint density at radius 3 is 2.62 bits per heavy atom. The van der Waals surface area contributed by atoms with Crippen molar-refractivity contribution in [1.29, 1.82) is 0 Å². The van der Waals surface area contributed by atoms with Crippen molar-refractivity contribution >= 4 is 25.3 Å². The molecule has 0 radical (unpaired) electrons. The van der Waals surface area contributed by atoms with Gasteiger partial charge in [-0.1, -0.05) is 36.6 Å². The molecule has 0 aromatic rings. The molecule has 6 atom stereocenters. The molecule has 2 saturated heterocycles. The second-order valence-electron chi connectivity index (χ2n) is 8.98. The number of carbonyl (C=O) groups is 1. The summed E-state index contributed by atoms with van der Waals surface area (Å²) < 4.78 is 29.5. The van der Waals surface area contributed by atoms with Crippen molar-refractivity contribution in [2.24, 2.45) is 28.6 Å². The summed E-state index contributed by atoms with van der Waals surface area (Å²) in [6.07, 6.45) is 3.85. The highest BCUT2D eigenvalue weighted by Crippen LogP contribution is 2.70. The highest BCUT2D eigenvalue weighted by molar-refractivity contribution is 7.90. The maximum atomic E-state index is 13.3. The number of amides is 1. The lowest BCUT2D eigenvalue weighted by Crippen LogP contribution is -2.47. The fraction of sp³-hybridized carbons (Fsp3) is 0.941. The zero-order chi connectivity index (χ0) is 17.5. The Hall–Kier alpha value is -0.190. The van der Waals surface area contributed by atoms with Crippen LogP contribution in [0, 0.1) is 28.6 Å². The minimum Gasteiger partial charge on any atom is -0.286 e. The summed E-state index contributed by atoms with van der Waals surface area (Å²) >= 11 is 0. The van der Waals surface area contributed by atoms with E-state index in [9.17, 15) is 13.2 Å². The van der Waals surface area contributed by atoms with Crippen molar-refractivity contribution in [1.82, 2.24) is 8.98 Å². The van der Waals surface area contributed by atoms with Gasteiger partial charge in [-0.05, 0) is 36.5 Å². The monoisotopic (exact) mass is 372 g/mol. The van der Waals surface area contributed by atoms with Crippen LogP contribution in [0.3, 0.4) is 0 Å². The fourth-order valence-corrected chi connectivity index (χ4v) is 9.42. The average Bonchev–Trinajstić information content (AvgIpc) is 3.11. The SMILES string of the molecule is CC[C@@H]1CN(P)C[C@@H]1C(=O)N1[C@@H]2CC3CC[C@]2(CS1(=O)=O)C3(C)C. The molecule has 1 spiro atoms. The molecule has 2 aliphatic heterocycles. The van der Waals surface area contributed by atoms with E-state index in [0.29, 0.717) is 12.5 Å². The quantitative estimate of drug-likeness (QED) is 0.697. The third-order valence-corrected chi connectivity index (χ3v) is 10.3. The van der Waals surface area contributed by atoms with Gasteiger partial charge in [0.2, 0.25) is 15.9 Å². The van der Waals surface area contributed by atoms with Gasteiger partial charge in [-0.3, -0.25) is 9.46 Å². The van der Waals surface area contributed by atoms with Gasteiger partial charge in [-0.25, -0.2) is 12.7 Å². The van der Waals surface area contributed by atoms with Crippen LogP contribution in [0.4, 0.5) is 0 Å². The molecule has 1 amide bonds. The highest BCUT2D eigenvalue weighted by atomic mass is 32.2. The Kier molecular flexibility index (Phi) is 3.71. The number of rotatable bonds is 2. The van der Waals surface area contributed by atoms with Gasteiger partial charge < -0.3 is 0 Å². The molecular formula is C17H29N2O3PS. The standard InChI is InChI=1S/C17H29N2O3PS/c1-4-11-8-18(23)9-13(11)15(20)19-14-7-12-5-6-17(14,16(12,2)3)10-24(19,21)22/h11-14H,4-10,23H2,1-3H3/t11-,12?,13+,14-,17-/m1/s1. The Balaban J connectivity index is 1.70. The summed E-state index contributed by atoms with van der Waals surface area (Å²) in [7, 11) is -0.815. The van der Waals surface area contributed by atoms with Crippen molar-refractivity contribution in [3.05, 3.63) is 0 Å². The first kappa shape index (κ1) is 17.2. The van der Waals surface area contributed by atoms with Gasteiger partial charge >= 0.3 is 0 Å². The van der Waals surface area contributed by atoms with Gasteiger partial charge in [0, 0.05) is 18.5 Å². The third-order valence-electron chi connectivity index (χ3n) is 7.94. The van der Waals surface area contributed by atoms with Gasteiger partial charge in [0.1, 0.15) is 0 Å². The number of hydrogen-bond donors (Lipinski definition) is 0. The van der Waals surface area contributed by atoms with E-state index in [1.807, 2.05) is 0 Å². The van der Waals surface area contributed by atoms with E-state index in [4.69, 9.17) is 0 Å². The molecule has 7 heteroatoms. The lowest BCUT2D eigenvalue weighted by molar-refractivity contribution is -0.134. The van der Waals surface area contributed by atoms with Gasteiger partial charge in [-0.2, -0.15) is 0 Å². The molecule has 2 aliphatic carbocycles. The van der Waals surface area contributed by atoms with E-state index >= 15 is 0 Å². The molecule has 136 valence electrons. The summed E-state index contributed by atoms with van der Waals surface area (Å²) in [4.78, 5) is 13.3. The maximum Gasteiger partial charge on any atom is 0.241 e. The summed E-state index contributed by atoms with van der Waals surface area (Å²) in [6, 6.07) is -0.0974. The molecular weight excluding hydrogens is 343 g/mol. The van der Waals surface area contributed by atoms with Gasteiger partial charge in [-0.15, -0.1) is 0 Å². The minimum absolute atomic E-state index is 0.0201. The largest absolute Gasteiger partial charge is 0.286 e. The summed E-state index contributed by atoms with van der Waals surface area (Å²) in [5.74, 6) is 0.677. The van der Waals surface area contributed by atoms with Crippen molar-refractivity contribution < 1.29 is 13.2 Å². The maximum absolute atomic E-state index is 13.3. The Bertz CT molecular complexity index is 679.